The van der Waals surface area contributed by atoms with Gasteiger partial charge >= 0.3 is 0 Å². The predicted octanol–water partition coefficient (Wildman–Crippen LogP) is 4.62. The summed E-state index contributed by atoms with van der Waals surface area (Å²) >= 11 is 6.16. The molecule has 0 aromatic heterocycles. The lowest BCUT2D eigenvalue weighted by molar-refractivity contribution is -0.128. The lowest BCUT2D eigenvalue weighted by Gasteiger charge is -2.20. The van der Waals surface area contributed by atoms with Crippen molar-refractivity contribution in [2.24, 2.45) is 0 Å². The van der Waals surface area contributed by atoms with E-state index in [0.29, 0.717) is 12.4 Å². The van der Waals surface area contributed by atoms with Gasteiger partial charge in [-0.2, -0.15) is 0 Å². The van der Waals surface area contributed by atoms with Crippen LogP contribution in [-0.4, -0.2) is 24.7 Å². The van der Waals surface area contributed by atoms with Gasteiger partial charge in [0.2, 0.25) is 0 Å². The largest absolute Gasteiger partial charge is 0.491 e. The molecule has 2 atom stereocenters. The van der Waals surface area contributed by atoms with Crippen molar-refractivity contribution in [1.82, 2.24) is 5.32 Å². The van der Waals surface area contributed by atoms with E-state index in [-0.39, 0.29) is 11.9 Å². The van der Waals surface area contributed by atoms with Gasteiger partial charge in [-0.05, 0) is 70.0 Å². The highest BCUT2D eigenvalue weighted by molar-refractivity contribution is 6.32. The van der Waals surface area contributed by atoms with Crippen LogP contribution in [0.15, 0.2) is 36.4 Å². The van der Waals surface area contributed by atoms with E-state index in [4.69, 9.17) is 21.1 Å². The molecular weight excluding hydrogens is 350 g/mol. The predicted molar refractivity (Wildman–Crippen MR) is 105 cm³/mol. The zero-order valence-electron chi connectivity index (χ0n) is 15.9. The third kappa shape index (κ3) is 5.67. The average molecular weight is 376 g/mol. The van der Waals surface area contributed by atoms with Gasteiger partial charge < -0.3 is 14.8 Å². The van der Waals surface area contributed by atoms with E-state index in [1.54, 1.807) is 6.92 Å². The van der Waals surface area contributed by atoms with Crippen LogP contribution in [0.5, 0.6) is 11.5 Å². The Morgan fingerprint density at radius 3 is 2.19 bits per heavy atom. The first-order chi connectivity index (χ1) is 12.3. The second-order valence-electron chi connectivity index (χ2n) is 6.66. The molecule has 0 aliphatic rings. The monoisotopic (exact) mass is 375 g/mol. The van der Waals surface area contributed by atoms with Gasteiger partial charge in [0, 0.05) is 5.02 Å². The highest BCUT2D eigenvalue weighted by Gasteiger charge is 2.18. The van der Waals surface area contributed by atoms with E-state index < -0.39 is 6.10 Å². The molecule has 2 aromatic carbocycles. The molecule has 5 heteroatoms. The van der Waals surface area contributed by atoms with E-state index in [1.807, 2.05) is 64.1 Å². The molecule has 0 bridgehead atoms. The summed E-state index contributed by atoms with van der Waals surface area (Å²) < 4.78 is 11.5. The van der Waals surface area contributed by atoms with E-state index >= 15 is 0 Å². The second kappa shape index (κ2) is 8.95. The van der Waals surface area contributed by atoms with Gasteiger partial charge in [-0.15, -0.1) is 0 Å². The zero-order chi connectivity index (χ0) is 19.3. The molecule has 0 saturated carbocycles. The van der Waals surface area contributed by atoms with Crippen LogP contribution in [0.25, 0.3) is 0 Å². The fourth-order valence-electron chi connectivity index (χ4n) is 2.49. The van der Waals surface area contributed by atoms with E-state index in [2.05, 4.69) is 5.32 Å². The number of rotatable bonds is 7. The number of carbonyl (C=O) groups excluding carboxylic acids is 1. The minimum atomic E-state index is -0.614. The number of carbonyl (C=O) groups is 1. The molecule has 2 aromatic rings. The summed E-state index contributed by atoms with van der Waals surface area (Å²) in [5, 5.41) is 3.63. The summed E-state index contributed by atoms with van der Waals surface area (Å²) in [5.41, 5.74) is 3.03. The summed E-state index contributed by atoms with van der Waals surface area (Å²) in [6.07, 6.45) is -0.614. The normalized spacial score (nSPS) is 13.0. The van der Waals surface area contributed by atoms with Crippen molar-refractivity contribution >= 4 is 17.5 Å². The van der Waals surface area contributed by atoms with Gasteiger partial charge in [0.15, 0.2) is 6.10 Å². The van der Waals surface area contributed by atoms with E-state index in [0.717, 1.165) is 21.9 Å². The molecular formula is C21H26ClNO3. The first-order valence-corrected chi connectivity index (χ1v) is 9.07. The first-order valence-electron chi connectivity index (χ1n) is 8.69. The van der Waals surface area contributed by atoms with Gasteiger partial charge in [-0.25, -0.2) is 0 Å². The molecule has 0 saturated heterocycles. The van der Waals surface area contributed by atoms with Gasteiger partial charge in [0.25, 0.3) is 5.91 Å². The average Bonchev–Trinajstić information content (AvgIpc) is 2.59. The van der Waals surface area contributed by atoms with Crippen molar-refractivity contribution in [3.8, 4) is 11.5 Å². The Morgan fingerprint density at radius 2 is 1.62 bits per heavy atom. The topological polar surface area (TPSA) is 47.6 Å². The molecule has 1 N–H and O–H groups in total. The molecule has 140 valence electrons. The number of aryl methyl sites for hydroxylation is 3. The van der Waals surface area contributed by atoms with Crippen LogP contribution in [0.2, 0.25) is 5.02 Å². The lowest BCUT2D eigenvalue weighted by atomic mass is 10.1. The molecule has 0 spiro atoms. The van der Waals surface area contributed by atoms with Crippen molar-refractivity contribution in [3.63, 3.8) is 0 Å². The third-order valence-electron chi connectivity index (χ3n) is 4.00. The van der Waals surface area contributed by atoms with Crippen LogP contribution in [0, 0.1) is 20.8 Å². The molecule has 4 nitrogen and oxygen atoms in total. The zero-order valence-corrected chi connectivity index (χ0v) is 16.7. The minimum absolute atomic E-state index is 0.136. The smallest absolute Gasteiger partial charge is 0.261 e. The third-order valence-corrected chi connectivity index (χ3v) is 4.60. The molecule has 0 fully saturated rings. The molecule has 0 aliphatic heterocycles. The summed E-state index contributed by atoms with van der Waals surface area (Å²) in [6, 6.07) is 11.4. The van der Waals surface area contributed by atoms with Crippen LogP contribution in [0.3, 0.4) is 0 Å². The highest BCUT2D eigenvalue weighted by atomic mass is 35.5. The number of ether oxygens (including phenoxy) is 2. The Morgan fingerprint density at radius 1 is 1.04 bits per heavy atom. The molecule has 0 unspecified atom stereocenters. The van der Waals surface area contributed by atoms with Crippen molar-refractivity contribution in [2.45, 2.75) is 46.8 Å². The Labute approximate surface area is 160 Å². The maximum absolute atomic E-state index is 12.3. The second-order valence-corrected chi connectivity index (χ2v) is 7.04. The van der Waals surface area contributed by atoms with Gasteiger partial charge in [-0.3, -0.25) is 4.79 Å². The lowest BCUT2D eigenvalue weighted by Crippen LogP contribution is -2.43. The van der Waals surface area contributed by atoms with Crippen molar-refractivity contribution in [3.05, 3.63) is 58.1 Å². The minimum Gasteiger partial charge on any atom is -0.491 e. The number of hydrogen-bond acceptors (Lipinski definition) is 3. The number of benzene rings is 2. The summed E-state index contributed by atoms with van der Waals surface area (Å²) in [7, 11) is 0. The number of nitrogens with one attached hydrogen (secondary N) is 1. The number of hydrogen-bond donors (Lipinski definition) is 1. The number of halogens is 1. The van der Waals surface area contributed by atoms with Crippen LogP contribution >= 0.6 is 11.6 Å². The van der Waals surface area contributed by atoms with Gasteiger partial charge in [0.05, 0.1) is 6.04 Å². The molecule has 0 radical (unpaired) electrons. The van der Waals surface area contributed by atoms with E-state index in [9.17, 15) is 4.79 Å². The number of amides is 1. The van der Waals surface area contributed by atoms with Crippen LogP contribution in [0.1, 0.15) is 30.5 Å². The fourth-order valence-corrected chi connectivity index (χ4v) is 2.60. The standard InChI is InChI=1S/C21H26ClNO3/c1-13-6-8-18(9-7-13)25-12-16(4)23-21(24)17(5)26-19-10-14(2)20(22)15(3)11-19/h6-11,16-17H,12H2,1-5H3,(H,23,24)/t16-,17+/m0/s1. The first kappa shape index (κ1) is 20.1. The molecule has 2 rings (SSSR count). The fraction of sp³-hybridized carbons (Fsp3) is 0.381. The van der Waals surface area contributed by atoms with Crippen LogP contribution in [-0.2, 0) is 4.79 Å². The van der Waals surface area contributed by atoms with Crippen molar-refractivity contribution < 1.29 is 14.3 Å². The molecule has 26 heavy (non-hydrogen) atoms. The van der Waals surface area contributed by atoms with E-state index in [1.165, 1.54) is 5.56 Å². The van der Waals surface area contributed by atoms with Crippen molar-refractivity contribution in [1.29, 1.82) is 0 Å². The summed E-state index contributed by atoms with van der Waals surface area (Å²) in [5.74, 6) is 1.24. The van der Waals surface area contributed by atoms with Gasteiger partial charge in [-0.1, -0.05) is 29.3 Å². The van der Waals surface area contributed by atoms with Crippen LogP contribution in [0.4, 0.5) is 0 Å². The Balaban J connectivity index is 1.85. The highest BCUT2D eigenvalue weighted by Crippen LogP contribution is 2.26. The molecule has 0 aliphatic carbocycles. The quantitative estimate of drug-likeness (QED) is 0.768. The summed E-state index contributed by atoms with van der Waals surface area (Å²) in [4.78, 5) is 12.3. The Bertz CT molecular complexity index is 735. The maximum Gasteiger partial charge on any atom is 0.261 e. The molecule has 1 amide bonds. The van der Waals surface area contributed by atoms with Crippen LogP contribution < -0.4 is 14.8 Å². The molecule has 0 heterocycles. The van der Waals surface area contributed by atoms with Crippen molar-refractivity contribution in [2.75, 3.05) is 6.61 Å². The maximum atomic E-state index is 12.3. The van der Waals surface area contributed by atoms with Gasteiger partial charge in [0.1, 0.15) is 18.1 Å². The Kier molecular flexibility index (Phi) is 6.92. The Hall–Kier alpha value is -2.20. The SMILES string of the molecule is Cc1ccc(OC[C@H](C)NC(=O)[C@@H](C)Oc2cc(C)c(Cl)c(C)c2)cc1. The summed E-state index contributed by atoms with van der Waals surface area (Å²) in [6.45, 7) is 9.87.